The van der Waals surface area contributed by atoms with Crippen LogP contribution in [0.3, 0.4) is 0 Å². The molecule has 122 valence electrons. The highest BCUT2D eigenvalue weighted by Crippen LogP contribution is 2.25. The minimum Gasteiger partial charge on any atom is -0.441 e. The number of oxazole rings is 1. The molecule has 9 heteroatoms. The van der Waals surface area contributed by atoms with Gasteiger partial charge in [0.05, 0.1) is 17.5 Å². The van der Waals surface area contributed by atoms with E-state index in [9.17, 15) is 4.79 Å². The van der Waals surface area contributed by atoms with E-state index in [-0.39, 0.29) is 5.56 Å². The first-order chi connectivity index (χ1) is 12.2. The summed E-state index contributed by atoms with van der Waals surface area (Å²) in [5, 5.41) is 13.5. The molecule has 0 bridgehead atoms. The van der Waals surface area contributed by atoms with E-state index in [2.05, 4.69) is 30.5 Å². The lowest BCUT2D eigenvalue weighted by atomic mass is 10.1. The first kappa shape index (κ1) is 13.7. The molecule has 0 aliphatic carbocycles. The Morgan fingerprint density at radius 1 is 1.16 bits per heavy atom. The van der Waals surface area contributed by atoms with E-state index in [4.69, 9.17) is 4.42 Å². The van der Waals surface area contributed by atoms with Gasteiger partial charge in [-0.15, -0.1) is 0 Å². The Morgan fingerprint density at radius 3 is 2.88 bits per heavy atom. The number of nitrogens with one attached hydrogen (secondary N) is 2. The lowest BCUT2D eigenvalue weighted by Gasteiger charge is -2.02. The molecule has 5 rings (SSSR count). The first-order valence-electron chi connectivity index (χ1n) is 7.54. The van der Waals surface area contributed by atoms with E-state index in [1.165, 1.54) is 10.6 Å². The van der Waals surface area contributed by atoms with Crippen molar-refractivity contribution in [1.82, 2.24) is 35.0 Å². The van der Waals surface area contributed by atoms with Gasteiger partial charge in [-0.1, -0.05) is 6.07 Å². The number of nitrogens with zero attached hydrogens (tertiary/aromatic N) is 5. The van der Waals surface area contributed by atoms with Crippen LogP contribution in [0.5, 0.6) is 0 Å². The van der Waals surface area contributed by atoms with E-state index in [1.54, 1.807) is 12.4 Å². The van der Waals surface area contributed by atoms with Gasteiger partial charge in [-0.05, 0) is 19.1 Å². The fourth-order valence-corrected chi connectivity index (χ4v) is 2.77. The molecule has 0 amide bonds. The number of rotatable bonds is 2. The van der Waals surface area contributed by atoms with Crippen molar-refractivity contribution >= 4 is 16.7 Å². The van der Waals surface area contributed by atoms with Gasteiger partial charge in [0, 0.05) is 17.8 Å². The Balaban J connectivity index is 1.75. The minimum atomic E-state index is -0.227. The van der Waals surface area contributed by atoms with Crippen LogP contribution in [0.15, 0.2) is 45.9 Å². The zero-order chi connectivity index (χ0) is 17.0. The summed E-state index contributed by atoms with van der Waals surface area (Å²) < 4.78 is 6.91. The summed E-state index contributed by atoms with van der Waals surface area (Å²) in [5.74, 6) is 1.09. The van der Waals surface area contributed by atoms with Gasteiger partial charge in [-0.25, -0.2) is 14.5 Å². The predicted molar refractivity (Wildman–Crippen MR) is 88.9 cm³/mol. The normalized spacial score (nSPS) is 11.6. The number of aryl methyl sites for hydroxylation is 1. The zero-order valence-corrected chi connectivity index (χ0v) is 13.0. The molecule has 1 aromatic carbocycles. The molecule has 0 aliphatic heterocycles. The fourth-order valence-electron chi connectivity index (χ4n) is 2.77. The van der Waals surface area contributed by atoms with Crippen LogP contribution in [0.1, 0.15) is 5.76 Å². The maximum absolute atomic E-state index is 12.4. The van der Waals surface area contributed by atoms with Crippen molar-refractivity contribution in [2.45, 2.75) is 6.92 Å². The Hall–Kier alpha value is -3.75. The monoisotopic (exact) mass is 333 g/mol. The van der Waals surface area contributed by atoms with Crippen LogP contribution in [0.2, 0.25) is 0 Å². The van der Waals surface area contributed by atoms with Crippen LogP contribution in [0.25, 0.3) is 39.4 Å². The summed E-state index contributed by atoms with van der Waals surface area (Å²) in [6, 6.07) is 6.98. The molecule has 5 aromatic rings. The van der Waals surface area contributed by atoms with Crippen LogP contribution in [0.4, 0.5) is 0 Å². The molecule has 0 saturated heterocycles. The van der Waals surface area contributed by atoms with Crippen LogP contribution in [-0.2, 0) is 0 Å². The quantitative estimate of drug-likeness (QED) is 0.509. The molecule has 4 heterocycles. The Morgan fingerprint density at radius 2 is 2.04 bits per heavy atom. The minimum absolute atomic E-state index is 0.227. The summed E-state index contributed by atoms with van der Waals surface area (Å²) in [7, 11) is 0. The maximum atomic E-state index is 12.4. The third-order valence-electron chi connectivity index (χ3n) is 3.96. The molecule has 0 saturated carbocycles. The highest BCUT2D eigenvalue weighted by atomic mass is 16.4. The Kier molecular flexibility index (Phi) is 2.66. The second-order valence-corrected chi connectivity index (χ2v) is 5.63. The zero-order valence-electron chi connectivity index (χ0n) is 13.0. The van der Waals surface area contributed by atoms with Crippen molar-refractivity contribution in [3.63, 3.8) is 0 Å². The second kappa shape index (κ2) is 4.87. The molecule has 0 aliphatic rings. The van der Waals surface area contributed by atoms with Crippen molar-refractivity contribution in [1.29, 1.82) is 0 Å². The van der Waals surface area contributed by atoms with Crippen molar-refractivity contribution in [2.75, 3.05) is 0 Å². The number of aromatic amines is 2. The SMILES string of the molecule is Cc1cnc(-c2c[nH]n3c(=O)cc(-c4ccc5n[nH]nc5c4)nc23)o1. The van der Waals surface area contributed by atoms with Crippen LogP contribution in [-0.4, -0.2) is 35.0 Å². The number of benzene rings is 1. The van der Waals surface area contributed by atoms with Crippen LogP contribution >= 0.6 is 0 Å². The summed E-state index contributed by atoms with van der Waals surface area (Å²) >= 11 is 0. The number of hydrogen-bond donors (Lipinski definition) is 2. The number of H-pyrrole nitrogens is 2. The Bertz CT molecular complexity index is 1290. The molecule has 9 nitrogen and oxygen atoms in total. The molecular formula is C16H11N7O2. The van der Waals surface area contributed by atoms with Gasteiger partial charge in [0.15, 0.2) is 5.65 Å². The van der Waals surface area contributed by atoms with Crippen molar-refractivity contribution in [2.24, 2.45) is 0 Å². The van der Waals surface area contributed by atoms with E-state index in [0.717, 1.165) is 11.1 Å². The average Bonchev–Trinajstić information content (AvgIpc) is 3.32. The van der Waals surface area contributed by atoms with E-state index >= 15 is 0 Å². The third kappa shape index (κ3) is 2.06. The molecular weight excluding hydrogens is 322 g/mol. The molecule has 0 spiro atoms. The number of fused-ring (bicyclic) bond motifs is 2. The average molecular weight is 333 g/mol. The van der Waals surface area contributed by atoms with Gasteiger partial charge < -0.3 is 4.42 Å². The first-order valence-corrected chi connectivity index (χ1v) is 7.54. The van der Waals surface area contributed by atoms with E-state index < -0.39 is 0 Å². The Labute approximate surface area is 139 Å². The third-order valence-corrected chi connectivity index (χ3v) is 3.96. The van der Waals surface area contributed by atoms with Crippen molar-refractivity contribution < 1.29 is 4.42 Å². The lowest BCUT2D eigenvalue weighted by Crippen LogP contribution is -2.14. The van der Waals surface area contributed by atoms with Gasteiger partial charge in [-0.2, -0.15) is 15.4 Å². The molecule has 25 heavy (non-hydrogen) atoms. The predicted octanol–water partition coefficient (Wildman–Crippen LogP) is 1.92. The van der Waals surface area contributed by atoms with Gasteiger partial charge >= 0.3 is 0 Å². The standard InChI is InChI=1S/C16H11N7O2/c1-8-6-17-16(25-8)10-7-18-23-14(24)5-12(19-15(10)23)9-2-3-11-13(4-9)21-22-20-11/h2-7,18H,1H3,(H,20,21,22). The number of hydrogen-bond acceptors (Lipinski definition) is 6. The molecule has 0 radical (unpaired) electrons. The fraction of sp³-hybridized carbons (Fsp3) is 0.0625. The van der Waals surface area contributed by atoms with Gasteiger partial charge in [0.2, 0.25) is 5.89 Å². The topological polar surface area (TPSA) is 118 Å². The van der Waals surface area contributed by atoms with E-state index in [0.29, 0.717) is 34.1 Å². The maximum Gasteiger partial charge on any atom is 0.273 e. The highest BCUT2D eigenvalue weighted by Gasteiger charge is 2.15. The van der Waals surface area contributed by atoms with Crippen molar-refractivity contribution in [3.8, 4) is 22.7 Å². The van der Waals surface area contributed by atoms with Crippen LogP contribution in [0, 0.1) is 6.92 Å². The summed E-state index contributed by atoms with van der Waals surface area (Å²) in [5.41, 5.74) is 3.61. The van der Waals surface area contributed by atoms with Gasteiger partial charge in [0.25, 0.3) is 5.56 Å². The molecule has 0 fully saturated rings. The summed E-state index contributed by atoms with van der Waals surface area (Å²) in [6.07, 6.45) is 3.28. The largest absolute Gasteiger partial charge is 0.441 e. The molecule has 0 unspecified atom stereocenters. The van der Waals surface area contributed by atoms with Gasteiger partial charge in [-0.3, -0.25) is 9.89 Å². The highest BCUT2D eigenvalue weighted by molar-refractivity contribution is 5.81. The summed E-state index contributed by atoms with van der Waals surface area (Å²) in [4.78, 5) is 21.3. The molecule has 2 N–H and O–H groups in total. The van der Waals surface area contributed by atoms with E-state index in [1.807, 2.05) is 25.1 Å². The smallest absolute Gasteiger partial charge is 0.273 e. The molecule has 4 aromatic heterocycles. The second-order valence-electron chi connectivity index (χ2n) is 5.63. The number of aromatic nitrogens is 7. The van der Waals surface area contributed by atoms with Crippen LogP contribution < -0.4 is 5.56 Å². The van der Waals surface area contributed by atoms with Gasteiger partial charge in [0.1, 0.15) is 16.8 Å². The molecule has 0 atom stereocenters. The lowest BCUT2D eigenvalue weighted by molar-refractivity contribution is 0.543. The summed E-state index contributed by atoms with van der Waals surface area (Å²) in [6.45, 7) is 1.81. The van der Waals surface area contributed by atoms with Crippen molar-refractivity contribution in [3.05, 3.63) is 52.8 Å².